The number of benzene rings is 2. The number of ether oxygens (including phenoxy) is 3. The highest BCUT2D eigenvalue weighted by molar-refractivity contribution is 5.94. The predicted octanol–water partition coefficient (Wildman–Crippen LogP) is 4.23. The van der Waals surface area contributed by atoms with Gasteiger partial charge in [0.2, 0.25) is 0 Å². The fourth-order valence-corrected chi connectivity index (χ4v) is 2.74. The van der Waals surface area contributed by atoms with E-state index in [1.807, 2.05) is 19.9 Å². The van der Waals surface area contributed by atoms with Gasteiger partial charge in [-0.05, 0) is 43.2 Å². The van der Waals surface area contributed by atoms with Crippen LogP contribution in [0.5, 0.6) is 11.5 Å². The number of esters is 1. The van der Waals surface area contributed by atoms with Crippen LogP contribution in [0.3, 0.4) is 0 Å². The molecule has 3 rings (SSSR count). The van der Waals surface area contributed by atoms with Crippen LogP contribution in [0.15, 0.2) is 42.5 Å². The standard InChI is InChI=1S/C21H21NO4/c1-13-5-6-14(2)15(9-13)12-26-20-11-19(21(23)25-4)22-18-8-7-16(24-3)10-17(18)20/h5-11H,12H2,1-4H3. The topological polar surface area (TPSA) is 57.7 Å². The molecule has 3 aromatic rings. The number of nitrogens with zero attached hydrogens (tertiary/aromatic N) is 1. The van der Waals surface area contributed by atoms with Crippen molar-refractivity contribution in [2.75, 3.05) is 14.2 Å². The lowest BCUT2D eigenvalue weighted by Gasteiger charge is -2.13. The summed E-state index contributed by atoms with van der Waals surface area (Å²) in [6.07, 6.45) is 0. The van der Waals surface area contributed by atoms with Crippen LogP contribution in [0, 0.1) is 13.8 Å². The summed E-state index contributed by atoms with van der Waals surface area (Å²) in [5, 5.41) is 0.780. The molecule has 5 heteroatoms. The van der Waals surface area contributed by atoms with E-state index in [-0.39, 0.29) is 5.69 Å². The molecule has 134 valence electrons. The Morgan fingerprint density at radius 2 is 1.85 bits per heavy atom. The molecular formula is C21H21NO4. The van der Waals surface area contributed by atoms with Gasteiger partial charge in [-0.15, -0.1) is 0 Å². The van der Waals surface area contributed by atoms with Crippen LogP contribution in [0.25, 0.3) is 10.9 Å². The number of carbonyl (C=O) groups is 1. The molecule has 0 saturated carbocycles. The SMILES string of the molecule is COC(=O)c1cc(OCc2cc(C)ccc2C)c2cc(OC)ccc2n1. The molecule has 0 fully saturated rings. The monoisotopic (exact) mass is 351 g/mol. The lowest BCUT2D eigenvalue weighted by atomic mass is 10.1. The minimum absolute atomic E-state index is 0.209. The second kappa shape index (κ2) is 7.44. The average molecular weight is 351 g/mol. The van der Waals surface area contributed by atoms with E-state index in [1.54, 1.807) is 25.3 Å². The van der Waals surface area contributed by atoms with E-state index in [2.05, 4.69) is 23.2 Å². The normalized spacial score (nSPS) is 10.6. The van der Waals surface area contributed by atoms with Gasteiger partial charge in [0, 0.05) is 11.5 Å². The van der Waals surface area contributed by atoms with Crippen LogP contribution in [0.2, 0.25) is 0 Å². The molecule has 0 N–H and O–H groups in total. The zero-order valence-corrected chi connectivity index (χ0v) is 15.3. The van der Waals surface area contributed by atoms with Crippen LogP contribution in [0.1, 0.15) is 27.2 Å². The molecule has 1 heterocycles. The first kappa shape index (κ1) is 17.7. The summed E-state index contributed by atoms with van der Waals surface area (Å²) in [7, 11) is 2.94. The van der Waals surface area contributed by atoms with Crippen molar-refractivity contribution in [2.45, 2.75) is 20.5 Å². The van der Waals surface area contributed by atoms with E-state index in [0.717, 1.165) is 16.5 Å². The summed E-state index contributed by atoms with van der Waals surface area (Å²) in [6, 6.07) is 13.3. The van der Waals surface area contributed by atoms with Gasteiger partial charge in [0.05, 0.1) is 19.7 Å². The molecule has 0 amide bonds. The number of methoxy groups -OCH3 is 2. The Kier molecular flexibility index (Phi) is 5.07. The van der Waals surface area contributed by atoms with Crippen molar-refractivity contribution in [3.05, 3.63) is 64.8 Å². The van der Waals surface area contributed by atoms with Crippen molar-refractivity contribution in [3.63, 3.8) is 0 Å². The maximum atomic E-state index is 11.9. The highest BCUT2D eigenvalue weighted by Crippen LogP contribution is 2.30. The third-order valence-electron chi connectivity index (χ3n) is 4.26. The first-order valence-electron chi connectivity index (χ1n) is 8.28. The maximum absolute atomic E-state index is 11.9. The van der Waals surface area contributed by atoms with Gasteiger partial charge in [-0.2, -0.15) is 0 Å². The molecule has 5 nitrogen and oxygen atoms in total. The van der Waals surface area contributed by atoms with Crippen LogP contribution >= 0.6 is 0 Å². The van der Waals surface area contributed by atoms with Crippen molar-refractivity contribution < 1.29 is 19.0 Å². The van der Waals surface area contributed by atoms with E-state index in [9.17, 15) is 4.79 Å². The van der Waals surface area contributed by atoms with Crippen LogP contribution in [-0.2, 0) is 11.3 Å². The highest BCUT2D eigenvalue weighted by Gasteiger charge is 2.14. The lowest BCUT2D eigenvalue weighted by molar-refractivity contribution is 0.0594. The Morgan fingerprint density at radius 3 is 2.58 bits per heavy atom. The average Bonchev–Trinajstić information content (AvgIpc) is 2.67. The number of aryl methyl sites for hydroxylation is 2. The summed E-state index contributed by atoms with van der Waals surface area (Å²) in [5.41, 5.74) is 4.27. The Hall–Kier alpha value is -3.08. The molecule has 2 aromatic carbocycles. The minimum Gasteiger partial charge on any atom is -0.497 e. The molecule has 0 radical (unpaired) electrons. The van der Waals surface area contributed by atoms with E-state index < -0.39 is 5.97 Å². The molecule has 26 heavy (non-hydrogen) atoms. The third-order valence-corrected chi connectivity index (χ3v) is 4.26. The summed E-state index contributed by atoms with van der Waals surface area (Å²) in [5.74, 6) is 0.760. The largest absolute Gasteiger partial charge is 0.497 e. The van der Waals surface area contributed by atoms with Gasteiger partial charge < -0.3 is 14.2 Å². The number of hydrogen-bond acceptors (Lipinski definition) is 5. The van der Waals surface area contributed by atoms with Gasteiger partial charge in [-0.3, -0.25) is 0 Å². The Bertz CT molecular complexity index is 966. The van der Waals surface area contributed by atoms with E-state index in [1.165, 1.54) is 12.7 Å². The number of pyridine rings is 1. The van der Waals surface area contributed by atoms with Crippen molar-refractivity contribution in [2.24, 2.45) is 0 Å². The molecule has 0 bridgehead atoms. The number of carbonyl (C=O) groups excluding carboxylic acids is 1. The van der Waals surface area contributed by atoms with Gasteiger partial charge in [0.15, 0.2) is 5.69 Å². The first-order valence-corrected chi connectivity index (χ1v) is 8.28. The van der Waals surface area contributed by atoms with Crippen LogP contribution in [-0.4, -0.2) is 25.2 Å². The van der Waals surface area contributed by atoms with E-state index in [4.69, 9.17) is 14.2 Å². The fraction of sp³-hybridized carbons (Fsp3) is 0.238. The zero-order valence-electron chi connectivity index (χ0n) is 15.3. The van der Waals surface area contributed by atoms with Crippen molar-refractivity contribution >= 4 is 16.9 Å². The smallest absolute Gasteiger partial charge is 0.356 e. The second-order valence-corrected chi connectivity index (χ2v) is 6.10. The molecule has 1 aromatic heterocycles. The van der Waals surface area contributed by atoms with Gasteiger partial charge in [0.25, 0.3) is 0 Å². The third kappa shape index (κ3) is 3.61. The Labute approximate surface area is 152 Å². The van der Waals surface area contributed by atoms with Crippen LogP contribution in [0.4, 0.5) is 0 Å². The lowest BCUT2D eigenvalue weighted by Crippen LogP contribution is -2.06. The van der Waals surface area contributed by atoms with Crippen molar-refractivity contribution in [1.82, 2.24) is 4.98 Å². The fourth-order valence-electron chi connectivity index (χ4n) is 2.74. The van der Waals surface area contributed by atoms with Gasteiger partial charge in [-0.1, -0.05) is 23.8 Å². The summed E-state index contributed by atoms with van der Waals surface area (Å²) in [6.45, 7) is 4.49. The number of fused-ring (bicyclic) bond motifs is 1. The zero-order chi connectivity index (χ0) is 18.7. The number of aromatic nitrogens is 1. The molecule has 0 aliphatic heterocycles. The number of hydrogen-bond donors (Lipinski definition) is 0. The molecule has 0 unspecified atom stereocenters. The van der Waals surface area contributed by atoms with E-state index >= 15 is 0 Å². The highest BCUT2D eigenvalue weighted by atomic mass is 16.5. The quantitative estimate of drug-likeness (QED) is 0.644. The predicted molar refractivity (Wildman–Crippen MR) is 99.9 cm³/mol. The first-order chi connectivity index (χ1) is 12.5. The molecule has 0 spiro atoms. The second-order valence-electron chi connectivity index (χ2n) is 6.10. The molecule has 0 aliphatic rings. The summed E-state index contributed by atoms with van der Waals surface area (Å²) in [4.78, 5) is 16.3. The molecule has 0 saturated heterocycles. The summed E-state index contributed by atoms with van der Waals surface area (Å²) < 4.78 is 16.2. The van der Waals surface area contributed by atoms with Gasteiger partial charge in [0.1, 0.15) is 18.1 Å². The van der Waals surface area contributed by atoms with Crippen molar-refractivity contribution in [3.8, 4) is 11.5 Å². The molecule has 0 atom stereocenters. The molecular weight excluding hydrogens is 330 g/mol. The summed E-state index contributed by atoms with van der Waals surface area (Å²) >= 11 is 0. The van der Waals surface area contributed by atoms with Gasteiger partial charge in [-0.25, -0.2) is 9.78 Å². The van der Waals surface area contributed by atoms with Crippen LogP contribution < -0.4 is 9.47 Å². The van der Waals surface area contributed by atoms with Gasteiger partial charge >= 0.3 is 5.97 Å². The molecule has 0 aliphatic carbocycles. The van der Waals surface area contributed by atoms with Crippen molar-refractivity contribution in [1.29, 1.82) is 0 Å². The minimum atomic E-state index is -0.501. The maximum Gasteiger partial charge on any atom is 0.356 e. The van der Waals surface area contributed by atoms with E-state index in [0.29, 0.717) is 23.6 Å². The Balaban J connectivity index is 2.03. The Morgan fingerprint density at radius 1 is 1.04 bits per heavy atom. The number of rotatable bonds is 5.